The minimum Gasteiger partial charge on any atom is -0.450 e. The molecule has 10 heteroatoms. The van der Waals surface area contributed by atoms with Gasteiger partial charge >= 0.3 is 6.09 Å². The van der Waals surface area contributed by atoms with Gasteiger partial charge in [0, 0.05) is 31.7 Å². The number of hydrogen-bond donors (Lipinski definition) is 1. The number of ether oxygens (including phenoxy) is 1. The molecule has 1 fully saturated rings. The van der Waals surface area contributed by atoms with Gasteiger partial charge in [-0.3, -0.25) is 9.59 Å². The standard InChI is InChI=1S/C22H21FN4O4S/c1-2-31-22(30)26-11-9-25(10-12-26)19(28)14-7-8-15-17(13-14)24-21(32)27(20(15)29)18-6-4-3-5-16(18)23/h3-8,13H,2,9-12H2,1H3,(H,24,32). The van der Waals surface area contributed by atoms with E-state index in [1.54, 1.807) is 34.9 Å². The number of H-pyrrole nitrogens is 1. The van der Waals surface area contributed by atoms with E-state index >= 15 is 0 Å². The molecule has 3 aromatic rings. The van der Waals surface area contributed by atoms with Gasteiger partial charge in [-0.2, -0.15) is 0 Å². The van der Waals surface area contributed by atoms with Crippen LogP contribution < -0.4 is 5.56 Å². The average molecular weight is 456 g/mol. The predicted octanol–water partition coefficient (Wildman–Crippen LogP) is 3.10. The number of nitrogens with one attached hydrogen (secondary N) is 1. The molecule has 8 nitrogen and oxygen atoms in total. The Morgan fingerprint density at radius 2 is 1.78 bits per heavy atom. The smallest absolute Gasteiger partial charge is 0.409 e. The molecule has 0 bridgehead atoms. The molecule has 166 valence electrons. The van der Waals surface area contributed by atoms with Crippen LogP contribution in [0, 0.1) is 10.6 Å². The number of amides is 2. The Hall–Kier alpha value is -3.53. The minimum atomic E-state index is -0.567. The Morgan fingerprint density at radius 3 is 2.47 bits per heavy atom. The normalized spacial score (nSPS) is 13.9. The highest BCUT2D eigenvalue weighted by molar-refractivity contribution is 7.71. The lowest BCUT2D eigenvalue weighted by Crippen LogP contribution is -2.50. The van der Waals surface area contributed by atoms with E-state index < -0.39 is 11.4 Å². The van der Waals surface area contributed by atoms with Gasteiger partial charge in [0.2, 0.25) is 0 Å². The number of nitrogens with zero attached hydrogens (tertiary/aromatic N) is 3. The molecule has 1 aliphatic heterocycles. The second-order valence-corrected chi connectivity index (χ2v) is 7.65. The van der Waals surface area contributed by atoms with Crippen LogP contribution in [0.2, 0.25) is 0 Å². The van der Waals surface area contributed by atoms with E-state index in [0.717, 1.165) is 4.57 Å². The fourth-order valence-electron chi connectivity index (χ4n) is 3.69. The van der Waals surface area contributed by atoms with E-state index in [-0.39, 0.29) is 27.8 Å². The Balaban J connectivity index is 1.61. The van der Waals surface area contributed by atoms with Crippen LogP contribution in [0.1, 0.15) is 17.3 Å². The maximum absolute atomic E-state index is 14.2. The maximum Gasteiger partial charge on any atom is 0.409 e. The van der Waals surface area contributed by atoms with Gasteiger partial charge in [0.05, 0.1) is 23.2 Å². The molecule has 2 amide bonds. The summed E-state index contributed by atoms with van der Waals surface area (Å²) < 4.78 is 20.4. The summed E-state index contributed by atoms with van der Waals surface area (Å²) in [5, 5.41) is 0.283. The van der Waals surface area contributed by atoms with Crippen molar-refractivity contribution in [2.24, 2.45) is 0 Å². The fraction of sp³-hybridized carbons (Fsp3) is 0.273. The van der Waals surface area contributed by atoms with Gasteiger partial charge in [-0.1, -0.05) is 12.1 Å². The Kier molecular flexibility index (Phi) is 6.04. The van der Waals surface area contributed by atoms with Crippen LogP contribution >= 0.6 is 12.2 Å². The summed E-state index contributed by atoms with van der Waals surface area (Å²) in [4.78, 5) is 43.9. The van der Waals surface area contributed by atoms with E-state index in [2.05, 4.69) is 4.98 Å². The highest BCUT2D eigenvalue weighted by Crippen LogP contribution is 2.17. The summed E-state index contributed by atoms with van der Waals surface area (Å²) in [7, 11) is 0. The summed E-state index contributed by atoms with van der Waals surface area (Å²) in [5.74, 6) is -0.782. The zero-order chi connectivity index (χ0) is 22.8. The molecule has 1 aliphatic rings. The molecular weight excluding hydrogens is 435 g/mol. The molecule has 0 atom stereocenters. The summed E-state index contributed by atoms with van der Waals surface area (Å²) in [6.45, 7) is 3.56. The van der Waals surface area contributed by atoms with E-state index in [9.17, 15) is 18.8 Å². The van der Waals surface area contributed by atoms with Crippen molar-refractivity contribution in [1.82, 2.24) is 19.4 Å². The first-order valence-corrected chi connectivity index (χ1v) is 10.6. The minimum absolute atomic E-state index is 0.0280. The summed E-state index contributed by atoms with van der Waals surface area (Å²) in [5.41, 5.74) is 0.357. The first kappa shape index (κ1) is 21.7. The van der Waals surface area contributed by atoms with E-state index in [4.69, 9.17) is 17.0 Å². The van der Waals surface area contributed by atoms with Gasteiger partial charge in [-0.05, 0) is 49.5 Å². The number of rotatable bonds is 3. The van der Waals surface area contributed by atoms with Gasteiger partial charge in [-0.15, -0.1) is 0 Å². The summed E-state index contributed by atoms with van der Waals surface area (Å²) in [6.07, 6.45) is -0.385. The monoisotopic (exact) mass is 456 g/mol. The molecule has 2 aromatic carbocycles. The number of aromatic amines is 1. The molecule has 1 saturated heterocycles. The van der Waals surface area contributed by atoms with Crippen molar-refractivity contribution in [1.29, 1.82) is 0 Å². The lowest BCUT2D eigenvalue weighted by molar-refractivity contribution is 0.0570. The third-order valence-electron chi connectivity index (χ3n) is 5.33. The number of piperazine rings is 1. The molecule has 0 saturated carbocycles. The SMILES string of the molecule is CCOC(=O)N1CCN(C(=O)c2ccc3c(=O)n(-c4ccccc4F)c(=S)[nH]c3c2)CC1. The number of hydrogen-bond acceptors (Lipinski definition) is 5. The van der Waals surface area contributed by atoms with Crippen molar-refractivity contribution in [3.63, 3.8) is 0 Å². The largest absolute Gasteiger partial charge is 0.450 e. The number of aromatic nitrogens is 2. The Labute approximate surface area is 187 Å². The molecule has 1 aromatic heterocycles. The number of fused-ring (bicyclic) bond motifs is 1. The molecule has 4 rings (SSSR count). The zero-order valence-corrected chi connectivity index (χ0v) is 18.2. The summed E-state index contributed by atoms with van der Waals surface area (Å²) in [6, 6.07) is 10.5. The third-order valence-corrected chi connectivity index (χ3v) is 5.62. The zero-order valence-electron chi connectivity index (χ0n) is 17.3. The molecule has 0 spiro atoms. The first-order chi connectivity index (χ1) is 15.4. The van der Waals surface area contributed by atoms with Crippen LogP contribution in [0.4, 0.5) is 9.18 Å². The van der Waals surface area contributed by atoms with E-state index in [0.29, 0.717) is 43.9 Å². The van der Waals surface area contributed by atoms with Crippen molar-refractivity contribution in [3.05, 3.63) is 69.0 Å². The lowest BCUT2D eigenvalue weighted by atomic mass is 10.1. The van der Waals surface area contributed by atoms with Crippen molar-refractivity contribution in [2.45, 2.75) is 6.92 Å². The van der Waals surface area contributed by atoms with E-state index in [1.807, 2.05) is 0 Å². The molecule has 0 unspecified atom stereocenters. The van der Waals surface area contributed by atoms with Crippen LogP contribution in [0.3, 0.4) is 0 Å². The first-order valence-electron chi connectivity index (χ1n) is 10.2. The Morgan fingerprint density at radius 1 is 1.09 bits per heavy atom. The molecule has 0 aliphatic carbocycles. The highest BCUT2D eigenvalue weighted by Gasteiger charge is 2.26. The van der Waals surface area contributed by atoms with Crippen molar-refractivity contribution >= 4 is 35.1 Å². The van der Waals surface area contributed by atoms with Crippen LogP contribution in [0.25, 0.3) is 16.6 Å². The molecule has 1 N–H and O–H groups in total. The van der Waals surface area contributed by atoms with Gasteiger partial charge < -0.3 is 19.5 Å². The van der Waals surface area contributed by atoms with Crippen LogP contribution in [0.5, 0.6) is 0 Å². The number of carbonyl (C=O) groups excluding carboxylic acids is 2. The second kappa shape index (κ2) is 8.91. The Bertz CT molecular complexity index is 1310. The molecule has 0 radical (unpaired) electrons. The topological polar surface area (TPSA) is 87.6 Å². The summed E-state index contributed by atoms with van der Waals surface area (Å²) >= 11 is 5.30. The number of carbonyl (C=O) groups is 2. The van der Waals surface area contributed by atoms with Crippen LogP contribution in [0.15, 0.2) is 47.3 Å². The fourth-order valence-corrected chi connectivity index (χ4v) is 3.98. The van der Waals surface area contributed by atoms with Crippen LogP contribution in [-0.4, -0.2) is 64.1 Å². The second-order valence-electron chi connectivity index (χ2n) is 7.26. The molecular formula is C22H21FN4O4S. The number of halogens is 1. The third kappa shape index (κ3) is 4.01. The molecule has 2 heterocycles. The highest BCUT2D eigenvalue weighted by atomic mass is 32.1. The van der Waals surface area contributed by atoms with Gasteiger partial charge in [-0.25, -0.2) is 13.8 Å². The lowest BCUT2D eigenvalue weighted by Gasteiger charge is -2.34. The van der Waals surface area contributed by atoms with Gasteiger partial charge in [0.1, 0.15) is 5.82 Å². The van der Waals surface area contributed by atoms with Crippen molar-refractivity contribution < 1.29 is 18.7 Å². The van der Waals surface area contributed by atoms with Gasteiger partial charge in [0.15, 0.2) is 4.77 Å². The van der Waals surface area contributed by atoms with Crippen molar-refractivity contribution in [3.8, 4) is 5.69 Å². The predicted molar refractivity (Wildman–Crippen MR) is 119 cm³/mol. The maximum atomic E-state index is 14.2. The number of benzene rings is 2. The quantitative estimate of drug-likeness (QED) is 0.612. The van der Waals surface area contributed by atoms with Crippen LogP contribution in [-0.2, 0) is 4.74 Å². The molecule has 32 heavy (non-hydrogen) atoms. The van der Waals surface area contributed by atoms with Gasteiger partial charge in [0.25, 0.3) is 11.5 Å². The average Bonchev–Trinajstić information content (AvgIpc) is 2.79. The van der Waals surface area contributed by atoms with E-state index in [1.165, 1.54) is 24.3 Å². The van der Waals surface area contributed by atoms with Crippen molar-refractivity contribution in [2.75, 3.05) is 32.8 Å². The number of para-hydroxylation sites is 1.